The molecule has 0 aromatic carbocycles. The van der Waals surface area contributed by atoms with E-state index in [1.165, 1.54) is 0 Å². The van der Waals surface area contributed by atoms with E-state index in [4.69, 9.17) is 4.98 Å². The average Bonchev–Trinajstić information content (AvgIpc) is 3.16. The van der Waals surface area contributed by atoms with Crippen molar-refractivity contribution < 1.29 is 4.79 Å². The Morgan fingerprint density at radius 3 is 2.68 bits per heavy atom. The molecule has 0 aliphatic carbocycles. The Kier molecular flexibility index (Phi) is 4.97. The Morgan fingerprint density at radius 2 is 1.97 bits per heavy atom. The van der Waals surface area contributed by atoms with E-state index in [2.05, 4.69) is 50.0 Å². The minimum absolute atomic E-state index is 0.0228. The molecule has 1 atom stereocenters. The molecule has 2 aliphatic heterocycles. The number of carbonyl (C=O) groups is 1. The van der Waals surface area contributed by atoms with Crippen molar-refractivity contribution in [1.29, 1.82) is 0 Å². The molecule has 1 amide bonds. The zero-order valence-corrected chi connectivity index (χ0v) is 18.2. The molecule has 0 unspecified atom stereocenters. The van der Waals surface area contributed by atoms with Crippen molar-refractivity contribution in [1.82, 2.24) is 29.7 Å². The summed E-state index contributed by atoms with van der Waals surface area (Å²) >= 11 is 0. The van der Waals surface area contributed by atoms with Gasteiger partial charge in [-0.1, -0.05) is 13.8 Å². The molecule has 9 nitrogen and oxygen atoms in total. The first-order chi connectivity index (χ1) is 15.0. The Morgan fingerprint density at radius 1 is 1.16 bits per heavy atom. The van der Waals surface area contributed by atoms with Gasteiger partial charge in [0.25, 0.3) is 5.91 Å². The van der Waals surface area contributed by atoms with Gasteiger partial charge in [-0.15, -0.1) is 0 Å². The second kappa shape index (κ2) is 7.81. The highest BCUT2D eigenvalue weighted by Crippen LogP contribution is 2.32. The van der Waals surface area contributed by atoms with Gasteiger partial charge in [-0.2, -0.15) is 4.98 Å². The molecule has 2 N–H and O–H groups in total. The SMILES string of the molecule is CC(C)[C@H]1CN(C)C(=O)c2cc3cnc(Nc4ccc(N5CCNCC5)cn4)nc3n21. The third-order valence-electron chi connectivity index (χ3n) is 6.17. The highest BCUT2D eigenvalue weighted by Gasteiger charge is 2.33. The van der Waals surface area contributed by atoms with Crippen LogP contribution in [0, 0.1) is 5.92 Å². The van der Waals surface area contributed by atoms with Crippen molar-refractivity contribution >= 4 is 34.4 Å². The average molecular weight is 421 g/mol. The molecule has 0 bridgehead atoms. The van der Waals surface area contributed by atoms with Gasteiger partial charge in [-0.3, -0.25) is 4.79 Å². The minimum atomic E-state index is 0.0228. The molecular weight excluding hydrogens is 392 g/mol. The Bertz CT molecular complexity index is 1100. The van der Waals surface area contributed by atoms with Crippen molar-refractivity contribution in [3.8, 4) is 0 Å². The van der Waals surface area contributed by atoms with Gasteiger partial charge in [-0.25, -0.2) is 9.97 Å². The fraction of sp³-hybridized carbons (Fsp3) is 0.455. The maximum atomic E-state index is 12.7. The van der Waals surface area contributed by atoms with Crippen LogP contribution in [-0.2, 0) is 0 Å². The summed E-state index contributed by atoms with van der Waals surface area (Å²) < 4.78 is 2.08. The van der Waals surface area contributed by atoms with Crippen LogP contribution in [0.3, 0.4) is 0 Å². The number of pyridine rings is 1. The van der Waals surface area contributed by atoms with Crippen molar-refractivity contribution in [3.05, 3.63) is 36.3 Å². The van der Waals surface area contributed by atoms with E-state index in [0.29, 0.717) is 29.9 Å². The van der Waals surface area contributed by atoms with Crippen LogP contribution in [0.5, 0.6) is 0 Å². The number of carbonyl (C=O) groups excluding carboxylic acids is 1. The lowest BCUT2D eigenvalue weighted by Gasteiger charge is -2.34. The van der Waals surface area contributed by atoms with Gasteiger partial charge < -0.3 is 25.0 Å². The largest absolute Gasteiger partial charge is 0.368 e. The topological polar surface area (TPSA) is 91.2 Å². The molecule has 3 aromatic heterocycles. The van der Waals surface area contributed by atoms with E-state index in [1.54, 1.807) is 11.1 Å². The molecule has 3 aromatic rings. The molecule has 31 heavy (non-hydrogen) atoms. The molecule has 5 rings (SSSR count). The number of fused-ring (bicyclic) bond motifs is 3. The molecule has 2 aliphatic rings. The molecule has 0 radical (unpaired) electrons. The first kappa shape index (κ1) is 19.7. The molecule has 162 valence electrons. The number of hydrogen-bond acceptors (Lipinski definition) is 7. The van der Waals surface area contributed by atoms with Crippen LogP contribution in [0.4, 0.5) is 17.5 Å². The lowest BCUT2D eigenvalue weighted by molar-refractivity contribution is 0.0698. The number of amides is 1. The number of rotatable bonds is 4. The van der Waals surface area contributed by atoms with Crippen molar-refractivity contribution in [2.24, 2.45) is 5.92 Å². The van der Waals surface area contributed by atoms with Crippen molar-refractivity contribution in [2.75, 3.05) is 50.0 Å². The zero-order valence-electron chi connectivity index (χ0n) is 18.2. The number of nitrogens with zero attached hydrogens (tertiary/aromatic N) is 6. The predicted molar refractivity (Wildman–Crippen MR) is 121 cm³/mol. The summed E-state index contributed by atoms with van der Waals surface area (Å²) in [5.74, 6) is 1.56. The number of aromatic nitrogens is 4. The minimum Gasteiger partial charge on any atom is -0.368 e. The van der Waals surface area contributed by atoms with E-state index in [1.807, 2.05) is 25.4 Å². The number of likely N-dealkylation sites (N-methyl/N-ethyl adjacent to an activating group) is 1. The fourth-order valence-electron chi connectivity index (χ4n) is 4.40. The number of piperazine rings is 1. The summed E-state index contributed by atoms with van der Waals surface area (Å²) in [6, 6.07) is 6.09. The van der Waals surface area contributed by atoms with Crippen LogP contribution in [0.2, 0.25) is 0 Å². The standard InChI is InChI=1S/C22H28N8O/c1-14(2)18-13-28(3)21(31)17-10-15-11-25-22(27-20(15)30(17)18)26-19-5-4-16(12-24-19)29-8-6-23-7-9-29/h4-5,10-12,14,18,23H,6-9,13H2,1-3H3,(H,24,25,26,27)/t18-/m1/s1. The molecular formula is C22H28N8O. The molecule has 9 heteroatoms. The highest BCUT2D eigenvalue weighted by atomic mass is 16.2. The van der Waals surface area contributed by atoms with E-state index in [0.717, 1.165) is 42.9 Å². The molecule has 1 fully saturated rings. The van der Waals surface area contributed by atoms with Gasteiger partial charge in [0.2, 0.25) is 5.95 Å². The summed E-state index contributed by atoms with van der Waals surface area (Å²) in [5.41, 5.74) is 2.57. The van der Waals surface area contributed by atoms with Gasteiger partial charge in [0.05, 0.1) is 17.9 Å². The lowest BCUT2D eigenvalue weighted by atomic mass is 10.0. The maximum Gasteiger partial charge on any atom is 0.270 e. The lowest BCUT2D eigenvalue weighted by Crippen LogP contribution is -2.43. The summed E-state index contributed by atoms with van der Waals surface area (Å²) in [7, 11) is 1.85. The first-order valence-corrected chi connectivity index (χ1v) is 10.8. The molecule has 0 saturated carbocycles. The second-order valence-corrected chi connectivity index (χ2v) is 8.63. The van der Waals surface area contributed by atoms with Crippen LogP contribution >= 0.6 is 0 Å². The second-order valence-electron chi connectivity index (χ2n) is 8.63. The van der Waals surface area contributed by atoms with Crippen molar-refractivity contribution in [3.63, 3.8) is 0 Å². The van der Waals surface area contributed by atoms with E-state index >= 15 is 0 Å². The number of nitrogens with one attached hydrogen (secondary N) is 2. The van der Waals surface area contributed by atoms with Gasteiger partial charge in [0, 0.05) is 51.4 Å². The normalized spacial score (nSPS) is 19.2. The summed E-state index contributed by atoms with van der Waals surface area (Å²) in [6.45, 7) is 8.98. The van der Waals surface area contributed by atoms with Crippen LogP contribution < -0.4 is 15.5 Å². The molecule has 1 saturated heterocycles. The van der Waals surface area contributed by atoms with E-state index in [9.17, 15) is 4.79 Å². The van der Waals surface area contributed by atoms with Crippen LogP contribution in [0.15, 0.2) is 30.6 Å². The number of anilines is 3. The van der Waals surface area contributed by atoms with E-state index < -0.39 is 0 Å². The Balaban J connectivity index is 1.44. The van der Waals surface area contributed by atoms with Crippen LogP contribution in [-0.4, -0.2) is 70.1 Å². The monoisotopic (exact) mass is 420 g/mol. The molecule has 0 spiro atoms. The summed E-state index contributed by atoms with van der Waals surface area (Å²) in [4.78, 5) is 30.6. The smallest absolute Gasteiger partial charge is 0.270 e. The molecule has 5 heterocycles. The van der Waals surface area contributed by atoms with Gasteiger partial charge in [-0.05, 0) is 24.1 Å². The highest BCUT2D eigenvalue weighted by molar-refractivity contribution is 5.98. The maximum absolute atomic E-state index is 12.7. The Labute approximate surface area is 181 Å². The predicted octanol–water partition coefficient (Wildman–Crippen LogP) is 2.26. The first-order valence-electron chi connectivity index (χ1n) is 10.8. The number of hydrogen-bond donors (Lipinski definition) is 2. The Hall–Kier alpha value is -3.20. The van der Waals surface area contributed by atoms with Crippen molar-refractivity contribution in [2.45, 2.75) is 19.9 Å². The van der Waals surface area contributed by atoms with Crippen LogP contribution in [0.25, 0.3) is 11.0 Å². The summed E-state index contributed by atoms with van der Waals surface area (Å²) in [6.07, 6.45) is 3.66. The third-order valence-corrected chi connectivity index (χ3v) is 6.17. The van der Waals surface area contributed by atoms with Gasteiger partial charge in [0.15, 0.2) is 0 Å². The van der Waals surface area contributed by atoms with Gasteiger partial charge >= 0.3 is 0 Å². The van der Waals surface area contributed by atoms with E-state index in [-0.39, 0.29) is 11.9 Å². The van der Waals surface area contributed by atoms with Gasteiger partial charge in [0.1, 0.15) is 17.2 Å². The quantitative estimate of drug-likeness (QED) is 0.669. The van der Waals surface area contributed by atoms with Crippen LogP contribution in [0.1, 0.15) is 30.4 Å². The zero-order chi connectivity index (χ0) is 21.5. The fourth-order valence-corrected chi connectivity index (χ4v) is 4.40. The third kappa shape index (κ3) is 3.59. The summed E-state index contributed by atoms with van der Waals surface area (Å²) in [5, 5.41) is 7.45.